The molecular formula is C6H9N3. The van der Waals surface area contributed by atoms with Crippen LogP contribution >= 0.6 is 0 Å². The Labute approximate surface area is 54.4 Å². The zero-order valence-corrected chi connectivity index (χ0v) is 5.55. The van der Waals surface area contributed by atoms with E-state index in [4.69, 9.17) is 5.26 Å². The largest absolute Gasteiger partial charge is 0.336 e. The van der Waals surface area contributed by atoms with E-state index >= 15 is 0 Å². The minimum Gasteiger partial charge on any atom is -0.336 e. The fourth-order valence-electron chi connectivity index (χ4n) is 0.326. The highest BCUT2D eigenvalue weighted by Crippen LogP contribution is 1.79. The fourth-order valence-corrected chi connectivity index (χ4v) is 0.326. The van der Waals surface area contributed by atoms with Crippen molar-refractivity contribution in [2.45, 2.75) is 13.8 Å². The lowest BCUT2D eigenvalue weighted by molar-refractivity contribution is 1.23. The summed E-state index contributed by atoms with van der Waals surface area (Å²) in [5.41, 5.74) is 0. The number of hydrogen-bond donors (Lipinski definition) is 1. The van der Waals surface area contributed by atoms with Crippen LogP contribution in [0.1, 0.15) is 19.7 Å². The number of rotatable bonds is 0. The van der Waals surface area contributed by atoms with Crippen molar-refractivity contribution in [2.75, 3.05) is 0 Å². The average molecular weight is 123 g/mol. The predicted molar refractivity (Wildman–Crippen MR) is 34.7 cm³/mol. The molecule has 0 saturated heterocycles. The highest BCUT2D eigenvalue weighted by Gasteiger charge is 1.82. The molecule has 9 heavy (non-hydrogen) atoms. The highest BCUT2D eigenvalue weighted by molar-refractivity contribution is 5.07. The third kappa shape index (κ3) is 2.50. The van der Waals surface area contributed by atoms with Crippen molar-refractivity contribution in [3.8, 4) is 6.07 Å². The summed E-state index contributed by atoms with van der Waals surface area (Å²) in [5, 5.41) is 8.08. The zero-order valence-electron chi connectivity index (χ0n) is 5.55. The zero-order chi connectivity index (χ0) is 7.11. The molecule has 0 bridgehead atoms. The van der Waals surface area contributed by atoms with Crippen LogP contribution in [0, 0.1) is 11.3 Å². The number of H-pyrrole nitrogens is 1. The van der Waals surface area contributed by atoms with Crippen molar-refractivity contribution in [3.05, 3.63) is 18.2 Å². The molecule has 0 saturated carbocycles. The van der Waals surface area contributed by atoms with E-state index in [0.29, 0.717) is 5.82 Å². The van der Waals surface area contributed by atoms with Gasteiger partial charge in [-0.25, -0.2) is 4.98 Å². The first-order valence-corrected chi connectivity index (χ1v) is 2.83. The summed E-state index contributed by atoms with van der Waals surface area (Å²) >= 11 is 0. The van der Waals surface area contributed by atoms with Gasteiger partial charge in [0.15, 0.2) is 0 Å². The van der Waals surface area contributed by atoms with Gasteiger partial charge in [0, 0.05) is 12.4 Å². The molecule has 0 radical (unpaired) electrons. The quantitative estimate of drug-likeness (QED) is 0.565. The lowest BCUT2D eigenvalue weighted by Gasteiger charge is -1.65. The van der Waals surface area contributed by atoms with Crippen molar-refractivity contribution >= 4 is 0 Å². The van der Waals surface area contributed by atoms with Crippen LogP contribution in [0.5, 0.6) is 0 Å². The van der Waals surface area contributed by atoms with E-state index in [1.807, 2.05) is 19.9 Å². The summed E-state index contributed by atoms with van der Waals surface area (Å²) in [6.45, 7) is 4.00. The van der Waals surface area contributed by atoms with E-state index in [2.05, 4.69) is 9.97 Å². The van der Waals surface area contributed by atoms with Crippen LogP contribution in [0.15, 0.2) is 12.4 Å². The van der Waals surface area contributed by atoms with Gasteiger partial charge < -0.3 is 4.98 Å². The van der Waals surface area contributed by atoms with Gasteiger partial charge in [-0.2, -0.15) is 5.26 Å². The Morgan fingerprint density at radius 1 is 1.67 bits per heavy atom. The van der Waals surface area contributed by atoms with Gasteiger partial charge in [-0.05, 0) is 0 Å². The lowest BCUT2D eigenvalue weighted by atomic mass is 10.7. The van der Waals surface area contributed by atoms with Crippen molar-refractivity contribution < 1.29 is 0 Å². The van der Waals surface area contributed by atoms with Crippen LogP contribution in [-0.4, -0.2) is 9.97 Å². The van der Waals surface area contributed by atoms with Gasteiger partial charge in [0.05, 0.1) is 0 Å². The molecule has 0 unspecified atom stereocenters. The van der Waals surface area contributed by atoms with E-state index < -0.39 is 0 Å². The molecule has 0 aliphatic carbocycles. The first kappa shape index (κ1) is 7.70. The monoisotopic (exact) mass is 123 g/mol. The van der Waals surface area contributed by atoms with E-state index in [0.717, 1.165) is 0 Å². The maximum Gasteiger partial charge on any atom is 0.210 e. The molecule has 0 fully saturated rings. The van der Waals surface area contributed by atoms with Crippen molar-refractivity contribution in [1.29, 1.82) is 5.26 Å². The summed E-state index contributed by atoms with van der Waals surface area (Å²) in [6.07, 6.45) is 3.15. The molecule has 0 aliphatic heterocycles. The smallest absolute Gasteiger partial charge is 0.210 e. The first-order valence-electron chi connectivity index (χ1n) is 2.83. The molecule has 1 aromatic rings. The Balaban J connectivity index is 0.000000291. The summed E-state index contributed by atoms with van der Waals surface area (Å²) < 4.78 is 0. The molecule has 0 aliphatic rings. The van der Waals surface area contributed by atoms with Gasteiger partial charge in [0.1, 0.15) is 6.07 Å². The topological polar surface area (TPSA) is 52.5 Å². The average Bonchev–Trinajstić information content (AvgIpc) is 2.43. The molecule has 0 amide bonds. The van der Waals surface area contributed by atoms with Crippen molar-refractivity contribution in [2.24, 2.45) is 0 Å². The minimum atomic E-state index is 0.361. The highest BCUT2D eigenvalue weighted by atomic mass is 14.9. The van der Waals surface area contributed by atoms with E-state index in [1.165, 1.54) is 0 Å². The first-order chi connectivity index (χ1) is 4.43. The third-order valence-electron chi connectivity index (χ3n) is 0.604. The summed E-state index contributed by atoms with van der Waals surface area (Å²) in [7, 11) is 0. The number of nitrogens with one attached hydrogen (secondary N) is 1. The van der Waals surface area contributed by atoms with Crippen LogP contribution < -0.4 is 0 Å². The van der Waals surface area contributed by atoms with Gasteiger partial charge in [0.2, 0.25) is 5.82 Å². The second-order valence-corrected chi connectivity index (χ2v) is 1.05. The van der Waals surface area contributed by atoms with Gasteiger partial charge in [-0.1, -0.05) is 13.8 Å². The number of aromatic nitrogens is 2. The summed E-state index contributed by atoms with van der Waals surface area (Å²) in [6, 6.07) is 1.84. The summed E-state index contributed by atoms with van der Waals surface area (Å²) in [4.78, 5) is 6.23. The molecule has 1 heterocycles. The van der Waals surface area contributed by atoms with Crippen molar-refractivity contribution in [1.82, 2.24) is 9.97 Å². The van der Waals surface area contributed by atoms with E-state index in [9.17, 15) is 0 Å². The number of hydrogen-bond acceptors (Lipinski definition) is 2. The minimum absolute atomic E-state index is 0.361. The SMILES string of the molecule is CC.N#Cc1ncc[nH]1. The number of aromatic amines is 1. The number of nitriles is 1. The molecule has 1 aromatic heterocycles. The maximum absolute atomic E-state index is 8.08. The van der Waals surface area contributed by atoms with Gasteiger partial charge >= 0.3 is 0 Å². The van der Waals surface area contributed by atoms with Gasteiger partial charge in [0.25, 0.3) is 0 Å². The predicted octanol–water partition coefficient (Wildman–Crippen LogP) is 1.31. The molecule has 3 heteroatoms. The van der Waals surface area contributed by atoms with Crippen molar-refractivity contribution in [3.63, 3.8) is 0 Å². The van der Waals surface area contributed by atoms with Crippen LogP contribution in [0.2, 0.25) is 0 Å². The Morgan fingerprint density at radius 2 is 2.33 bits per heavy atom. The second kappa shape index (κ2) is 4.85. The van der Waals surface area contributed by atoms with Crippen LogP contribution in [0.25, 0.3) is 0 Å². The Bertz CT molecular complexity index is 171. The van der Waals surface area contributed by atoms with Crippen LogP contribution in [-0.2, 0) is 0 Å². The van der Waals surface area contributed by atoms with E-state index in [1.54, 1.807) is 12.4 Å². The Hall–Kier alpha value is -1.30. The molecule has 48 valence electrons. The molecule has 0 aromatic carbocycles. The third-order valence-corrected chi connectivity index (χ3v) is 0.604. The molecular weight excluding hydrogens is 114 g/mol. The molecule has 1 N–H and O–H groups in total. The standard InChI is InChI=1S/C4H3N3.C2H6/c5-3-4-6-1-2-7-4;1-2/h1-2H,(H,6,7);1-2H3. The molecule has 3 nitrogen and oxygen atoms in total. The Morgan fingerprint density at radius 3 is 2.56 bits per heavy atom. The second-order valence-electron chi connectivity index (χ2n) is 1.05. The fraction of sp³-hybridized carbons (Fsp3) is 0.333. The number of imidazole rings is 1. The van der Waals surface area contributed by atoms with Gasteiger partial charge in [-0.15, -0.1) is 0 Å². The summed E-state index contributed by atoms with van der Waals surface area (Å²) in [5.74, 6) is 0.361. The van der Waals surface area contributed by atoms with Crippen LogP contribution in [0.4, 0.5) is 0 Å². The maximum atomic E-state index is 8.08. The Kier molecular flexibility index (Phi) is 4.15. The number of nitrogens with zero attached hydrogens (tertiary/aromatic N) is 2. The molecule has 1 rings (SSSR count). The molecule has 0 atom stereocenters. The normalized spacial score (nSPS) is 6.78. The van der Waals surface area contributed by atoms with Gasteiger partial charge in [-0.3, -0.25) is 0 Å². The molecule has 0 spiro atoms. The van der Waals surface area contributed by atoms with E-state index in [-0.39, 0.29) is 0 Å². The lowest BCUT2D eigenvalue weighted by Crippen LogP contribution is -1.70. The van der Waals surface area contributed by atoms with Crippen LogP contribution in [0.3, 0.4) is 0 Å².